The molecule has 0 aliphatic carbocycles. The largest absolute Gasteiger partial charge is 0.481 e. The molecule has 4 aromatic rings. The molecule has 0 aliphatic heterocycles. The van der Waals surface area contributed by atoms with Gasteiger partial charge < -0.3 is 14.6 Å². The zero-order valence-corrected chi connectivity index (χ0v) is 16.7. The number of ether oxygens (including phenoxy) is 1. The summed E-state index contributed by atoms with van der Waals surface area (Å²) >= 11 is 0. The van der Waals surface area contributed by atoms with Gasteiger partial charge in [0.15, 0.2) is 5.65 Å². The van der Waals surface area contributed by atoms with Gasteiger partial charge in [0.05, 0.1) is 12.6 Å². The lowest BCUT2D eigenvalue weighted by atomic mass is 10.1. The Hall–Kier alpha value is -3.12. The third-order valence-electron chi connectivity index (χ3n) is 5.17. The number of fused-ring (bicyclic) bond motifs is 3. The highest BCUT2D eigenvalue weighted by Crippen LogP contribution is 2.17. The van der Waals surface area contributed by atoms with E-state index in [0.29, 0.717) is 17.9 Å². The first-order valence-corrected chi connectivity index (χ1v) is 10.1. The van der Waals surface area contributed by atoms with E-state index in [0.717, 1.165) is 43.5 Å². The van der Waals surface area contributed by atoms with E-state index >= 15 is 0 Å². The van der Waals surface area contributed by atoms with Crippen LogP contribution in [0.1, 0.15) is 18.4 Å². The molecule has 1 N–H and O–H groups in total. The van der Waals surface area contributed by atoms with Crippen molar-refractivity contribution in [1.82, 2.24) is 19.3 Å². The lowest BCUT2D eigenvalue weighted by Crippen LogP contribution is -2.25. The van der Waals surface area contributed by atoms with Crippen molar-refractivity contribution < 1.29 is 4.74 Å². The molecule has 3 aromatic heterocycles. The molecular weight excluding hydrogens is 364 g/mol. The van der Waals surface area contributed by atoms with Gasteiger partial charge in [0.1, 0.15) is 5.52 Å². The first kappa shape index (κ1) is 19.2. The molecular formula is C23H26N4O2. The van der Waals surface area contributed by atoms with E-state index in [-0.39, 0.29) is 5.56 Å². The van der Waals surface area contributed by atoms with Crippen LogP contribution in [0.25, 0.3) is 16.7 Å². The minimum Gasteiger partial charge on any atom is -0.481 e. The number of benzene rings is 1. The fourth-order valence-electron chi connectivity index (χ4n) is 3.68. The van der Waals surface area contributed by atoms with Crippen LogP contribution in [-0.4, -0.2) is 34.2 Å². The molecule has 0 spiro atoms. The van der Waals surface area contributed by atoms with Crippen molar-refractivity contribution in [3.05, 3.63) is 76.7 Å². The summed E-state index contributed by atoms with van der Waals surface area (Å²) in [5.41, 5.74) is 3.58. The summed E-state index contributed by atoms with van der Waals surface area (Å²) in [5, 5.41) is 3.49. The van der Waals surface area contributed by atoms with Crippen molar-refractivity contribution in [2.24, 2.45) is 0 Å². The topological polar surface area (TPSA) is 60.6 Å². The lowest BCUT2D eigenvalue weighted by Gasteiger charge is -2.13. The summed E-state index contributed by atoms with van der Waals surface area (Å²) < 4.78 is 8.92. The number of nitrogens with zero attached hydrogens (tertiary/aromatic N) is 3. The second-order valence-electron chi connectivity index (χ2n) is 7.11. The maximum absolute atomic E-state index is 12.9. The molecule has 29 heavy (non-hydrogen) atoms. The summed E-state index contributed by atoms with van der Waals surface area (Å²) in [5.74, 6) is 0.540. The normalized spacial score (nSPS) is 11.3. The van der Waals surface area contributed by atoms with E-state index in [1.54, 1.807) is 13.2 Å². The molecule has 0 aliphatic rings. The van der Waals surface area contributed by atoms with Crippen molar-refractivity contribution in [2.75, 3.05) is 20.2 Å². The van der Waals surface area contributed by atoms with Crippen LogP contribution in [0.5, 0.6) is 5.88 Å². The number of rotatable bonds is 9. The van der Waals surface area contributed by atoms with E-state index in [1.165, 1.54) is 5.56 Å². The minimum atomic E-state index is 0.0125. The van der Waals surface area contributed by atoms with Gasteiger partial charge in [-0.2, -0.15) is 4.98 Å². The quantitative estimate of drug-likeness (QED) is 0.446. The molecule has 0 unspecified atom stereocenters. The van der Waals surface area contributed by atoms with Crippen molar-refractivity contribution in [2.45, 2.75) is 25.8 Å². The van der Waals surface area contributed by atoms with Gasteiger partial charge in [-0.1, -0.05) is 30.3 Å². The summed E-state index contributed by atoms with van der Waals surface area (Å²) in [6.07, 6.45) is 4.93. The van der Waals surface area contributed by atoms with Crippen molar-refractivity contribution >= 4 is 16.7 Å². The monoisotopic (exact) mass is 390 g/mol. The summed E-state index contributed by atoms with van der Waals surface area (Å²) in [6, 6.07) is 18.0. The lowest BCUT2D eigenvalue weighted by molar-refractivity contribution is 0.399. The molecule has 6 nitrogen and oxygen atoms in total. The summed E-state index contributed by atoms with van der Waals surface area (Å²) in [4.78, 5) is 17.5. The summed E-state index contributed by atoms with van der Waals surface area (Å²) in [6.45, 7) is 2.50. The third kappa shape index (κ3) is 4.17. The van der Waals surface area contributed by atoms with Gasteiger partial charge in [-0.05, 0) is 56.1 Å². The van der Waals surface area contributed by atoms with E-state index in [9.17, 15) is 4.79 Å². The molecule has 0 atom stereocenters. The number of methoxy groups -OCH3 is 1. The fraction of sp³-hybridized carbons (Fsp3) is 0.304. The Kier molecular flexibility index (Phi) is 5.91. The first-order chi connectivity index (χ1) is 14.3. The SMILES string of the molecule is COc1ccc2c(n1)n1cccc1c(=O)n2CCCNCCCc1ccccc1. The van der Waals surface area contributed by atoms with Crippen LogP contribution in [0.4, 0.5) is 0 Å². The van der Waals surface area contributed by atoms with Crippen molar-refractivity contribution in [3.63, 3.8) is 0 Å². The Balaban J connectivity index is 1.40. The van der Waals surface area contributed by atoms with E-state index < -0.39 is 0 Å². The Labute approximate surface area is 169 Å². The zero-order valence-electron chi connectivity index (χ0n) is 16.7. The first-order valence-electron chi connectivity index (χ1n) is 10.1. The van der Waals surface area contributed by atoms with Gasteiger partial charge >= 0.3 is 0 Å². The van der Waals surface area contributed by atoms with Gasteiger partial charge in [0.2, 0.25) is 5.88 Å². The number of hydrogen-bond acceptors (Lipinski definition) is 4. The minimum absolute atomic E-state index is 0.0125. The maximum Gasteiger partial charge on any atom is 0.275 e. The smallest absolute Gasteiger partial charge is 0.275 e. The van der Waals surface area contributed by atoms with Crippen LogP contribution in [-0.2, 0) is 13.0 Å². The molecule has 0 radical (unpaired) electrons. The molecule has 150 valence electrons. The van der Waals surface area contributed by atoms with E-state index in [4.69, 9.17) is 4.74 Å². The van der Waals surface area contributed by atoms with E-state index in [2.05, 4.69) is 34.6 Å². The number of aryl methyl sites for hydroxylation is 2. The van der Waals surface area contributed by atoms with E-state index in [1.807, 2.05) is 39.4 Å². The van der Waals surface area contributed by atoms with Gasteiger partial charge in [-0.15, -0.1) is 0 Å². The number of nitrogens with one attached hydrogen (secondary N) is 1. The molecule has 0 bridgehead atoms. The molecule has 3 heterocycles. The number of pyridine rings is 1. The van der Waals surface area contributed by atoms with Crippen LogP contribution in [0.15, 0.2) is 65.6 Å². The molecule has 6 heteroatoms. The standard InChI is InChI=1S/C23H26N4O2/c1-29-21-13-12-19-22(25-21)26-16-6-11-20(26)23(28)27(19)17-7-15-24-14-5-10-18-8-3-2-4-9-18/h2-4,6,8-9,11-13,16,24H,5,7,10,14-15,17H2,1H3. The molecule has 0 amide bonds. The molecule has 1 aromatic carbocycles. The van der Waals surface area contributed by atoms with Crippen molar-refractivity contribution in [1.29, 1.82) is 0 Å². The highest BCUT2D eigenvalue weighted by Gasteiger charge is 2.12. The van der Waals surface area contributed by atoms with Gasteiger partial charge in [0.25, 0.3) is 5.56 Å². The van der Waals surface area contributed by atoms with Crippen molar-refractivity contribution in [3.8, 4) is 5.88 Å². The Bertz CT molecular complexity index is 1150. The molecule has 0 fully saturated rings. The average Bonchev–Trinajstić information content (AvgIpc) is 3.26. The third-order valence-corrected chi connectivity index (χ3v) is 5.17. The number of aromatic nitrogens is 3. The van der Waals surface area contributed by atoms with Crippen LogP contribution in [0, 0.1) is 0 Å². The Morgan fingerprint density at radius 1 is 0.966 bits per heavy atom. The number of hydrogen-bond donors (Lipinski definition) is 1. The van der Waals surface area contributed by atoms with Crippen LogP contribution in [0.2, 0.25) is 0 Å². The molecule has 0 saturated heterocycles. The Morgan fingerprint density at radius 2 is 1.79 bits per heavy atom. The van der Waals surface area contributed by atoms with Crippen LogP contribution >= 0.6 is 0 Å². The average molecular weight is 390 g/mol. The predicted molar refractivity (Wildman–Crippen MR) is 116 cm³/mol. The van der Waals surface area contributed by atoms with Crippen LogP contribution < -0.4 is 15.6 Å². The highest BCUT2D eigenvalue weighted by molar-refractivity contribution is 5.75. The molecule has 4 rings (SSSR count). The highest BCUT2D eigenvalue weighted by atomic mass is 16.5. The zero-order chi connectivity index (χ0) is 20.1. The van der Waals surface area contributed by atoms with Gasteiger partial charge in [0, 0.05) is 18.8 Å². The van der Waals surface area contributed by atoms with Gasteiger partial charge in [-0.25, -0.2) is 0 Å². The maximum atomic E-state index is 12.9. The molecule has 0 saturated carbocycles. The van der Waals surface area contributed by atoms with Crippen LogP contribution in [0.3, 0.4) is 0 Å². The second-order valence-corrected chi connectivity index (χ2v) is 7.11. The predicted octanol–water partition coefficient (Wildman–Crippen LogP) is 3.27. The Morgan fingerprint density at radius 3 is 2.62 bits per heavy atom. The summed E-state index contributed by atoms with van der Waals surface area (Å²) in [7, 11) is 1.60. The van der Waals surface area contributed by atoms with Gasteiger partial charge in [-0.3, -0.25) is 9.20 Å². The second kappa shape index (κ2) is 8.92. The fourth-order valence-corrected chi connectivity index (χ4v) is 3.68.